The molecule has 0 fully saturated rings. The van der Waals surface area contributed by atoms with E-state index in [0.717, 1.165) is 5.56 Å². The highest BCUT2D eigenvalue weighted by Crippen LogP contribution is 2.34. The molecule has 6 heteroatoms. The van der Waals surface area contributed by atoms with Crippen LogP contribution in [0.5, 0.6) is 0 Å². The lowest BCUT2D eigenvalue weighted by atomic mass is 9.98. The van der Waals surface area contributed by atoms with E-state index in [0.29, 0.717) is 6.42 Å². The molecule has 1 atom stereocenters. The molecule has 1 unspecified atom stereocenters. The van der Waals surface area contributed by atoms with Crippen molar-refractivity contribution >= 4 is 16.0 Å². The number of rotatable bonds is 4. The summed E-state index contributed by atoms with van der Waals surface area (Å²) in [7, 11) is -3.80. The Morgan fingerprint density at radius 2 is 1.58 bits per heavy atom. The Kier molecular flexibility index (Phi) is 4.51. The summed E-state index contributed by atoms with van der Waals surface area (Å²) in [4.78, 5) is 11.5. The summed E-state index contributed by atoms with van der Waals surface area (Å²) in [5.41, 5.74) is 0.944. The van der Waals surface area contributed by atoms with Crippen LogP contribution in [0.3, 0.4) is 0 Å². The average molecular weight is 343 g/mol. The Hall–Kier alpha value is -2.44. The van der Waals surface area contributed by atoms with Gasteiger partial charge in [0.1, 0.15) is 0 Å². The first kappa shape index (κ1) is 16.4. The first-order valence-electron chi connectivity index (χ1n) is 7.54. The SMILES string of the molecule is O=C(O)C1=CCC(c2ccccc2)N(S(=O)(=O)c2ccccc2)C1. The predicted molar refractivity (Wildman–Crippen MR) is 89.9 cm³/mol. The van der Waals surface area contributed by atoms with Crippen molar-refractivity contribution in [3.8, 4) is 0 Å². The van der Waals surface area contributed by atoms with Gasteiger partial charge in [-0.3, -0.25) is 0 Å². The number of carboxylic acid groups (broad SMARTS) is 1. The van der Waals surface area contributed by atoms with Gasteiger partial charge >= 0.3 is 5.97 Å². The summed E-state index contributed by atoms with van der Waals surface area (Å²) >= 11 is 0. The first-order chi connectivity index (χ1) is 11.5. The molecule has 1 N–H and O–H groups in total. The largest absolute Gasteiger partial charge is 0.478 e. The minimum absolute atomic E-state index is 0.0988. The van der Waals surface area contributed by atoms with Gasteiger partial charge in [0.05, 0.1) is 10.9 Å². The third-order valence-corrected chi connectivity index (χ3v) is 5.94. The summed E-state index contributed by atoms with van der Waals surface area (Å²) in [6.45, 7) is -0.147. The molecular weight excluding hydrogens is 326 g/mol. The van der Waals surface area contributed by atoms with Gasteiger partial charge < -0.3 is 5.11 Å². The molecule has 0 radical (unpaired) electrons. The highest BCUT2D eigenvalue weighted by Gasteiger charge is 2.36. The smallest absolute Gasteiger partial charge is 0.332 e. The summed E-state index contributed by atoms with van der Waals surface area (Å²) in [6.07, 6.45) is 1.94. The molecule has 0 saturated carbocycles. The predicted octanol–water partition coefficient (Wildman–Crippen LogP) is 2.83. The number of sulfonamides is 1. The van der Waals surface area contributed by atoms with Crippen LogP contribution in [-0.2, 0) is 14.8 Å². The van der Waals surface area contributed by atoms with Crippen molar-refractivity contribution in [1.82, 2.24) is 4.31 Å². The van der Waals surface area contributed by atoms with E-state index in [1.165, 1.54) is 16.4 Å². The first-order valence-corrected chi connectivity index (χ1v) is 8.98. The number of nitrogens with zero attached hydrogens (tertiary/aromatic N) is 1. The highest BCUT2D eigenvalue weighted by molar-refractivity contribution is 7.89. The van der Waals surface area contributed by atoms with Gasteiger partial charge in [0.25, 0.3) is 0 Å². The minimum Gasteiger partial charge on any atom is -0.478 e. The highest BCUT2D eigenvalue weighted by atomic mass is 32.2. The van der Waals surface area contributed by atoms with Crippen LogP contribution in [0.15, 0.2) is 77.2 Å². The number of hydrogen-bond acceptors (Lipinski definition) is 3. The quantitative estimate of drug-likeness (QED) is 0.926. The third kappa shape index (κ3) is 3.11. The fourth-order valence-electron chi connectivity index (χ4n) is 2.83. The molecular formula is C18H17NO4S. The van der Waals surface area contributed by atoms with Crippen LogP contribution in [0.1, 0.15) is 18.0 Å². The van der Waals surface area contributed by atoms with E-state index < -0.39 is 22.0 Å². The molecule has 1 heterocycles. The van der Waals surface area contributed by atoms with Gasteiger partial charge in [-0.25, -0.2) is 13.2 Å². The summed E-state index contributed by atoms with van der Waals surface area (Å²) in [5, 5.41) is 9.26. The van der Waals surface area contributed by atoms with Gasteiger partial charge in [0, 0.05) is 12.1 Å². The fourth-order valence-corrected chi connectivity index (χ4v) is 4.45. The van der Waals surface area contributed by atoms with Crippen molar-refractivity contribution in [2.45, 2.75) is 17.4 Å². The molecule has 0 saturated heterocycles. The molecule has 2 aromatic rings. The van der Waals surface area contributed by atoms with E-state index >= 15 is 0 Å². The van der Waals surface area contributed by atoms with Crippen molar-refractivity contribution in [1.29, 1.82) is 0 Å². The van der Waals surface area contributed by atoms with E-state index in [9.17, 15) is 18.3 Å². The topological polar surface area (TPSA) is 74.7 Å². The number of carbonyl (C=O) groups is 1. The van der Waals surface area contributed by atoms with Gasteiger partial charge in [-0.05, 0) is 24.1 Å². The Bertz CT molecular complexity index is 860. The molecule has 1 aliphatic heterocycles. The molecule has 0 spiro atoms. The van der Waals surface area contributed by atoms with E-state index in [1.54, 1.807) is 24.3 Å². The fraction of sp³-hybridized carbons (Fsp3) is 0.167. The molecule has 1 aliphatic rings. The standard InChI is InChI=1S/C18H17NO4S/c20-18(21)15-11-12-17(14-7-3-1-4-8-14)19(13-15)24(22,23)16-9-5-2-6-10-16/h1-11,17H,12-13H2,(H,20,21). The zero-order valence-corrected chi connectivity index (χ0v) is 13.7. The Balaban J connectivity index is 2.06. The lowest BCUT2D eigenvalue weighted by Gasteiger charge is -2.34. The van der Waals surface area contributed by atoms with Crippen molar-refractivity contribution in [2.75, 3.05) is 6.54 Å². The Labute approximate surface area is 140 Å². The molecule has 2 aromatic carbocycles. The third-order valence-electron chi connectivity index (χ3n) is 4.07. The molecule has 124 valence electrons. The lowest BCUT2D eigenvalue weighted by Crippen LogP contribution is -2.39. The monoisotopic (exact) mass is 343 g/mol. The lowest BCUT2D eigenvalue weighted by molar-refractivity contribution is -0.133. The van der Waals surface area contributed by atoms with Crippen molar-refractivity contribution in [2.24, 2.45) is 0 Å². The summed E-state index contributed by atoms with van der Waals surface area (Å²) in [6, 6.07) is 17.0. The van der Waals surface area contributed by atoms with Gasteiger partial charge in [-0.2, -0.15) is 4.31 Å². The van der Waals surface area contributed by atoms with Crippen LogP contribution in [-0.4, -0.2) is 30.3 Å². The zero-order chi connectivity index (χ0) is 17.2. The summed E-state index contributed by atoms with van der Waals surface area (Å²) < 4.78 is 27.4. The maximum Gasteiger partial charge on any atom is 0.332 e. The molecule has 3 rings (SSSR count). The van der Waals surface area contributed by atoms with Crippen molar-refractivity contribution in [3.05, 3.63) is 77.9 Å². The number of carboxylic acids is 1. The van der Waals surface area contributed by atoms with Crippen LogP contribution in [0.4, 0.5) is 0 Å². The van der Waals surface area contributed by atoms with Crippen LogP contribution in [0.2, 0.25) is 0 Å². The second-order valence-electron chi connectivity index (χ2n) is 5.56. The molecule has 24 heavy (non-hydrogen) atoms. The number of aliphatic carboxylic acids is 1. The number of benzene rings is 2. The van der Waals surface area contributed by atoms with Crippen LogP contribution in [0.25, 0.3) is 0 Å². The molecule has 0 amide bonds. The zero-order valence-electron chi connectivity index (χ0n) is 12.9. The van der Waals surface area contributed by atoms with Gasteiger partial charge in [0.15, 0.2) is 0 Å². The minimum atomic E-state index is -3.80. The second-order valence-corrected chi connectivity index (χ2v) is 7.45. The van der Waals surface area contributed by atoms with Crippen molar-refractivity contribution in [3.63, 3.8) is 0 Å². The van der Waals surface area contributed by atoms with Gasteiger partial charge in [-0.1, -0.05) is 54.6 Å². The van der Waals surface area contributed by atoms with Crippen LogP contribution < -0.4 is 0 Å². The molecule has 0 aromatic heterocycles. The van der Waals surface area contributed by atoms with E-state index in [2.05, 4.69) is 0 Å². The van der Waals surface area contributed by atoms with Crippen LogP contribution in [0, 0.1) is 0 Å². The molecule has 0 bridgehead atoms. The average Bonchev–Trinajstić information content (AvgIpc) is 2.62. The maximum absolute atomic E-state index is 13.0. The Morgan fingerprint density at radius 1 is 1.00 bits per heavy atom. The normalized spacial score (nSPS) is 18.8. The maximum atomic E-state index is 13.0. The van der Waals surface area contributed by atoms with Crippen LogP contribution >= 0.6 is 0 Å². The van der Waals surface area contributed by atoms with Crippen molar-refractivity contribution < 1.29 is 18.3 Å². The van der Waals surface area contributed by atoms with E-state index in [4.69, 9.17) is 0 Å². The van der Waals surface area contributed by atoms with E-state index in [-0.39, 0.29) is 17.0 Å². The number of hydrogen-bond donors (Lipinski definition) is 1. The second kappa shape index (κ2) is 6.59. The summed E-state index contributed by atoms with van der Waals surface area (Å²) in [5.74, 6) is -1.09. The van der Waals surface area contributed by atoms with E-state index in [1.807, 2.05) is 30.3 Å². The molecule has 0 aliphatic carbocycles. The molecule has 5 nitrogen and oxygen atoms in total. The Morgan fingerprint density at radius 3 is 2.17 bits per heavy atom. The van der Waals surface area contributed by atoms with Gasteiger partial charge in [0.2, 0.25) is 10.0 Å². The van der Waals surface area contributed by atoms with Gasteiger partial charge in [-0.15, -0.1) is 0 Å².